The molecular formula is C17H17NO4S. The number of anilines is 1. The first kappa shape index (κ1) is 16.8. The second kappa shape index (κ2) is 6.66. The van der Waals surface area contributed by atoms with Crippen LogP contribution in [0.4, 0.5) is 5.69 Å². The molecule has 2 aromatic carbocycles. The Morgan fingerprint density at radius 3 is 2.13 bits per heavy atom. The molecule has 0 aromatic heterocycles. The third kappa shape index (κ3) is 4.43. The lowest BCUT2D eigenvalue weighted by Gasteiger charge is -2.08. The highest BCUT2D eigenvalue weighted by Crippen LogP contribution is 2.18. The van der Waals surface area contributed by atoms with Crippen molar-refractivity contribution in [3.05, 3.63) is 65.2 Å². The molecule has 0 heterocycles. The van der Waals surface area contributed by atoms with Crippen LogP contribution in [0, 0.1) is 6.92 Å². The lowest BCUT2D eigenvalue weighted by molar-refractivity contribution is -0.132. The van der Waals surface area contributed by atoms with E-state index < -0.39 is 16.0 Å². The Bertz CT molecular complexity index is 835. The largest absolute Gasteiger partial charge is 0.478 e. The van der Waals surface area contributed by atoms with Crippen LogP contribution < -0.4 is 4.72 Å². The molecule has 0 bridgehead atoms. The number of sulfonamides is 1. The lowest BCUT2D eigenvalue weighted by atomic mass is 10.1. The molecule has 0 saturated heterocycles. The van der Waals surface area contributed by atoms with E-state index in [1.54, 1.807) is 48.5 Å². The van der Waals surface area contributed by atoms with Crippen molar-refractivity contribution in [2.45, 2.75) is 18.7 Å². The highest BCUT2D eigenvalue weighted by molar-refractivity contribution is 7.92. The molecule has 23 heavy (non-hydrogen) atoms. The number of benzene rings is 2. The zero-order chi connectivity index (χ0) is 17.0. The van der Waals surface area contributed by atoms with Crippen molar-refractivity contribution < 1.29 is 18.3 Å². The molecule has 0 atom stereocenters. The molecule has 0 spiro atoms. The average Bonchev–Trinajstić information content (AvgIpc) is 2.49. The van der Waals surface area contributed by atoms with Crippen molar-refractivity contribution in [2.75, 3.05) is 4.72 Å². The number of aryl methyl sites for hydroxylation is 1. The maximum atomic E-state index is 12.3. The second-order valence-electron chi connectivity index (χ2n) is 5.17. The van der Waals surface area contributed by atoms with Gasteiger partial charge in [0.25, 0.3) is 10.0 Å². The van der Waals surface area contributed by atoms with Crippen LogP contribution in [0.15, 0.2) is 59.0 Å². The monoisotopic (exact) mass is 331 g/mol. The molecule has 120 valence electrons. The fourth-order valence-electron chi connectivity index (χ4n) is 1.89. The molecule has 0 saturated carbocycles. The summed E-state index contributed by atoms with van der Waals surface area (Å²) < 4.78 is 27.0. The van der Waals surface area contributed by atoms with Crippen LogP contribution in [0.3, 0.4) is 0 Å². The van der Waals surface area contributed by atoms with Gasteiger partial charge in [0.05, 0.1) is 4.90 Å². The Hall–Kier alpha value is -2.60. The number of carbonyl (C=O) groups is 1. The molecular weight excluding hydrogens is 314 g/mol. The van der Waals surface area contributed by atoms with Gasteiger partial charge in [0.2, 0.25) is 0 Å². The van der Waals surface area contributed by atoms with Gasteiger partial charge >= 0.3 is 5.97 Å². The molecule has 0 unspecified atom stereocenters. The molecule has 0 radical (unpaired) electrons. The third-order valence-electron chi connectivity index (χ3n) is 3.21. The predicted octanol–water partition coefficient (Wildman–Crippen LogP) is 3.28. The van der Waals surface area contributed by atoms with E-state index in [-0.39, 0.29) is 10.5 Å². The number of aliphatic carboxylic acids is 1. The molecule has 0 amide bonds. The lowest BCUT2D eigenvalue weighted by Crippen LogP contribution is -2.12. The van der Waals surface area contributed by atoms with E-state index in [0.29, 0.717) is 11.3 Å². The Labute approximate surface area is 135 Å². The third-order valence-corrected chi connectivity index (χ3v) is 4.61. The first-order chi connectivity index (χ1) is 10.8. The summed E-state index contributed by atoms with van der Waals surface area (Å²) in [5, 5.41) is 8.84. The summed E-state index contributed by atoms with van der Waals surface area (Å²) in [6, 6.07) is 13.0. The molecule has 5 nitrogen and oxygen atoms in total. The van der Waals surface area contributed by atoms with Gasteiger partial charge in [0.1, 0.15) is 0 Å². The molecule has 0 aliphatic rings. The minimum absolute atomic E-state index is 0.189. The molecule has 0 fully saturated rings. The summed E-state index contributed by atoms with van der Waals surface area (Å²) in [4.78, 5) is 11.0. The molecule has 0 aliphatic carbocycles. The van der Waals surface area contributed by atoms with Gasteiger partial charge in [-0.25, -0.2) is 13.2 Å². The average molecular weight is 331 g/mol. The fraction of sp³-hybridized carbons (Fsp3) is 0.118. The number of carboxylic acids is 1. The second-order valence-corrected chi connectivity index (χ2v) is 6.86. The number of hydrogen-bond donors (Lipinski definition) is 2. The van der Waals surface area contributed by atoms with E-state index in [1.807, 2.05) is 6.92 Å². The first-order valence-electron chi connectivity index (χ1n) is 6.89. The van der Waals surface area contributed by atoms with Gasteiger partial charge in [0, 0.05) is 11.3 Å². The Kier molecular flexibility index (Phi) is 4.86. The molecule has 2 N–H and O–H groups in total. The Balaban J connectivity index is 2.19. The minimum Gasteiger partial charge on any atom is -0.478 e. The van der Waals surface area contributed by atoms with Crippen molar-refractivity contribution in [2.24, 2.45) is 0 Å². The minimum atomic E-state index is -3.64. The summed E-state index contributed by atoms with van der Waals surface area (Å²) in [5.74, 6) is -0.992. The van der Waals surface area contributed by atoms with Crippen LogP contribution in [0.1, 0.15) is 18.1 Å². The van der Waals surface area contributed by atoms with Gasteiger partial charge in [-0.1, -0.05) is 29.8 Å². The van der Waals surface area contributed by atoms with Crippen LogP contribution in [-0.4, -0.2) is 19.5 Å². The standard InChI is InChI=1S/C17H17NO4S/c1-12-3-9-16(10-4-12)23(21,22)18-15-7-5-14(6-8-15)11-13(2)17(19)20/h3-11,18H,1-2H3,(H,19,20). The number of hydrogen-bond acceptors (Lipinski definition) is 3. The summed E-state index contributed by atoms with van der Waals surface area (Å²) in [6.07, 6.45) is 1.51. The predicted molar refractivity (Wildman–Crippen MR) is 89.7 cm³/mol. The maximum Gasteiger partial charge on any atom is 0.331 e. The van der Waals surface area contributed by atoms with Crippen LogP contribution in [0.25, 0.3) is 6.08 Å². The van der Waals surface area contributed by atoms with Gasteiger partial charge in [-0.15, -0.1) is 0 Å². The van der Waals surface area contributed by atoms with Crippen molar-refractivity contribution in [3.8, 4) is 0 Å². The van der Waals surface area contributed by atoms with Gasteiger partial charge in [-0.2, -0.15) is 0 Å². The summed E-state index contributed by atoms with van der Waals surface area (Å²) in [7, 11) is -3.64. The van der Waals surface area contributed by atoms with Crippen LogP contribution in [0.2, 0.25) is 0 Å². The number of nitrogens with one attached hydrogen (secondary N) is 1. The molecule has 6 heteroatoms. The van der Waals surface area contributed by atoms with E-state index in [2.05, 4.69) is 4.72 Å². The van der Waals surface area contributed by atoms with Crippen molar-refractivity contribution in [1.82, 2.24) is 0 Å². The van der Waals surface area contributed by atoms with Crippen molar-refractivity contribution in [1.29, 1.82) is 0 Å². The highest BCUT2D eigenvalue weighted by atomic mass is 32.2. The van der Waals surface area contributed by atoms with Crippen LogP contribution in [-0.2, 0) is 14.8 Å². The summed E-state index contributed by atoms with van der Waals surface area (Å²) >= 11 is 0. The van der Waals surface area contributed by atoms with Crippen molar-refractivity contribution >= 4 is 27.8 Å². The number of carboxylic acid groups (broad SMARTS) is 1. The topological polar surface area (TPSA) is 83.5 Å². The van der Waals surface area contributed by atoms with Gasteiger partial charge < -0.3 is 5.11 Å². The normalized spacial score (nSPS) is 12.0. The van der Waals surface area contributed by atoms with Crippen molar-refractivity contribution in [3.63, 3.8) is 0 Å². The SMILES string of the molecule is CC(=Cc1ccc(NS(=O)(=O)c2ccc(C)cc2)cc1)C(=O)O. The summed E-state index contributed by atoms with van der Waals surface area (Å²) in [5.41, 5.74) is 2.28. The van der Waals surface area contributed by atoms with Gasteiger partial charge in [-0.05, 0) is 49.8 Å². The van der Waals surface area contributed by atoms with E-state index in [4.69, 9.17) is 5.11 Å². The first-order valence-corrected chi connectivity index (χ1v) is 8.37. The van der Waals surface area contributed by atoms with Crippen LogP contribution in [0.5, 0.6) is 0 Å². The smallest absolute Gasteiger partial charge is 0.331 e. The van der Waals surface area contributed by atoms with E-state index in [1.165, 1.54) is 13.0 Å². The zero-order valence-electron chi connectivity index (χ0n) is 12.8. The quantitative estimate of drug-likeness (QED) is 0.824. The molecule has 0 aliphatic heterocycles. The van der Waals surface area contributed by atoms with Gasteiger partial charge in [-0.3, -0.25) is 4.72 Å². The number of rotatable bonds is 5. The highest BCUT2D eigenvalue weighted by Gasteiger charge is 2.13. The van der Waals surface area contributed by atoms with Gasteiger partial charge in [0.15, 0.2) is 0 Å². The Morgan fingerprint density at radius 1 is 1.04 bits per heavy atom. The van der Waals surface area contributed by atoms with E-state index in [0.717, 1.165) is 5.56 Å². The maximum absolute atomic E-state index is 12.3. The van der Waals surface area contributed by atoms with E-state index in [9.17, 15) is 13.2 Å². The fourth-order valence-corrected chi connectivity index (χ4v) is 2.95. The van der Waals surface area contributed by atoms with Crippen LogP contribution >= 0.6 is 0 Å². The Morgan fingerprint density at radius 2 is 1.61 bits per heavy atom. The van der Waals surface area contributed by atoms with E-state index >= 15 is 0 Å². The zero-order valence-corrected chi connectivity index (χ0v) is 13.6. The molecule has 2 aromatic rings. The molecule has 2 rings (SSSR count). The summed E-state index contributed by atoms with van der Waals surface area (Å²) in [6.45, 7) is 3.38.